The predicted molar refractivity (Wildman–Crippen MR) is 126 cm³/mol. The fourth-order valence-electron chi connectivity index (χ4n) is 2.94. The molecule has 0 aliphatic rings. The number of halogens is 1. The van der Waals surface area contributed by atoms with Crippen molar-refractivity contribution in [3.05, 3.63) is 88.9 Å². The third-order valence-electron chi connectivity index (χ3n) is 4.55. The second-order valence-corrected chi connectivity index (χ2v) is 9.12. The maximum Gasteiger partial charge on any atom is 0.264 e. The van der Waals surface area contributed by atoms with E-state index in [4.69, 9.17) is 16.3 Å². The smallest absolute Gasteiger partial charge is 0.264 e. The Labute approximate surface area is 192 Å². The van der Waals surface area contributed by atoms with Crippen molar-refractivity contribution in [3.63, 3.8) is 0 Å². The Morgan fingerprint density at radius 2 is 1.84 bits per heavy atom. The van der Waals surface area contributed by atoms with Gasteiger partial charge >= 0.3 is 0 Å². The van der Waals surface area contributed by atoms with E-state index < -0.39 is 22.5 Å². The van der Waals surface area contributed by atoms with Crippen LogP contribution in [-0.2, 0) is 14.8 Å². The molecule has 32 heavy (non-hydrogen) atoms. The minimum atomic E-state index is -4.03. The van der Waals surface area contributed by atoms with Crippen LogP contribution in [0.25, 0.3) is 0 Å². The van der Waals surface area contributed by atoms with Crippen LogP contribution < -0.4 is 14.5 Å². The lowest BCUT2D eigenvalue weighted by Gasteiger charge is -2.25. The molecule has 9 heteroatoms. The van der Waals surface area contributed by atoms with Crippen LogP contribution in [0.3, 0.4) is 0 Å². The van der Waals surface area contributed by atoms with Gasteiger partial charge < -0.3 is 4.74 Å². The van der Waals surface area contributed by atoms with Gasteiger partial charge in [-0.05, 0) is 54.4 Å². The van der Waals surface area contributed by atoms with Crippen LogP contribution in [0.1, 0.15) is 11.1 Å². The zero-order valence-corrected chi connectivity index (χ0v) is 19.1. The number of hydrogen-bond donors (Lipinski definition) is 1. The molecule has 0 aromatic heterocycles. The molecule has 0 saturated heterocycles. The number of carbonyl (C=O) groups is 1. The van der Waals surface area contributed by atoms with E-state index in [1.54, 1.807) is 68.6 Å². The average molecular weight is 472 g/mol. The summed E-state index contributed by atoms with van der Waals surface area (Å²) < 4.78 is 32.9. The first-order valence-electron chi connectivity index (χ1n) is 9.61. The van der Waals surface area contributed by atoms with Crippen molar-refractivity contribution in [3.8, 4) is 5.75 Å². The SMILES string of the molecule is COc1cccc(/C=N\NC(=O)CN(c2cc(Cl)ccc2C)S(=O)(=O)c2ccccc2)c1. The molecule has 1 amide bonds. The summed E-state index contributed by atoms with van der Waals surface area (Å²) in [6.07, 6.45) is 1.45. The topological polar surface area (TPSA) is 88.1 Å². The zero-order chi connectivity index (χ0) is 23.1. The number of benzene rings is 3. The van der Waals surface area contributed by atoms with Crippen molar-refractivity contribution in [2.24, 2.45) is 5.10 Å². The molecule has 0 saturated carbocycles. The fraction of sp³-hybridized carbons (Fsp3) is 0.130. The lowest BCUT2D eigenvalue weighted by Crippen LogP contribution is -2.40. The van der Waals surface area contributed by atoms with Gasteiger partial charge in [0.05, 0.1) is 23.9 Å². The summed E-state index contributed by atoms with van der Waals surface area (Å²) in [7, 11) is -2.48. The Kier molecular flexibility index (Phi) is 7.50. The van der Waals surface area contributed by atoms with Gasteiger partial charge in [-0.25, -0.2) is 13.8 Å². The highest BCUT2D eigenvalue weighted by Crippen LogP contribution is 2.29. The number of rotatable bonds is 8. The molecule has 3 rings (SSSR count). The number of anilines is 1. The Bertz CT molecular complexity index is 1230. The van der Waals surface area contributed by atoms with Crippen molar-refractivity contribution < 1.29 is 17.9 Å². The minimum absolute atomic E-state index is 0.0621. The van der Waals surface area contributed by atoms with E-state index in [9.17, 15) is 13.2 Å². The monoisotopic (exact) mass is 471 g/mol. The number of nitrogens with zero attached hydrogens (tertiary/aromatic N) is 2. The number of ether oxygens (including phenoxy) is 1. The highest BCUT2D eigenvalue weighted by atomic mass is 35.5. The zero-order valence-electron chi connectivity index (χ0n) is 17.5. The number of aryl methyl sites for hydroxylation is 1. The molecule has 3 aromatic carbocycles. The minimum Gasteiger partial charge on any atom is -0.497 e. The van der Waals surface area contributed by atoms with Gasteiger partial charge in [0.1, 0.15) is 12.3 Å². The summed E-state index contributed by atoms with van der Waals surface area (Å²) >= 11 is 6.11. The Balaban J connectivity index is 1.86. The molecule has 0 atom stereocenters. The number of nitrogens with one attached hydrogen (secondary N) is 1. The van der Waals surface area contributed by atoms with Crippen LogP contribution in [0.2, 0.25) is 5.02 Å². The van der Waals surface area contributed by atoms with Crippen LogP contribution in [0.5, 0.6) is 5.75 Å². The number of hydrogen-bond acceptors (Lipinski definition) is 5. The van der Waals surface area contributed by atoms with Gasteiger partial charge in [0.25, 0.3) is 15.9 Å². The second kappa shape index (κ2) is 10.3. The summed E-state index contributed by atoms with van der Waals surface area (Å²) in [5, 5.41) is 4.29. The van der Waals surface area contributed by atoms with Gasteiger partial charge in [-0.3, -0.25) is 9.10 Å². The summed E-state index contributed by atoms with van der Waals surface area (Å²) in [5.41, 5.74) is 4.06. The van der Waals surface area contributed by atoms with Gasteiger partial charge in [0.2, 0.25) is 0 Å². The number of hydrazone groups is 1. The largest absolute Gasteiger partial charge is 0.497 e. The van der Waals surface area contributed by atoms with E-state index in [-0.39, 0.29) is 4.90 Å². The van der Waals surface area contributed by atoms with Crippen molar-refractivity contribution in [2.45, 2.75) is 11.8 Å². The highest BCUT2D eigenvalue weighted by molar-refractivity contribution is 7.92. The molecule has 0 fully saturated rings. The first kappa shape index (κ1) is 23.3. The summed E-state index contributed by atoms with van der Waals surface area (Å²) in [6.45, 7) is 1.27. The predicted octanol–water partition coefficient (Wildman–Crippen LogP) is 4.00. The van der Waals surface area contributed by atoms with E-state index >= 15 is 0 Å². The molecular weight excluding hydrogens is 450 g/mol. The van der Waals surface area contributed by atoms with E-state index in [0.717, 1.165) is 4.31 Å². The molecule has 3 aromatic rings. The first-order chi connectivity index (χ1) is 15.3. The van der Waals surface area contributed by atoms with Gasteiger partial charge in [-0.15, -0.1) is 0 Å². The van der Waals surface area contributed by atoms with Crippen LogP contribution in [0, 0.1) is 6.92 Å². The van der Waals surface area contributed by atoms with Crippen molar-refractivity contribution in [1.29, 1.82) is 0 Å². The van der Waals surface area contributed by atoms with Gasteiger partial charge in [0, 0.05) is 5.02 Å². The molecular formula is C23H22ClN3O4S. The quantitative estimate of drug-likeness (QED) is 0.397. The molecule has 0 radical (unpaired) electrons. The Morgan fingerprint density at radius 3 is 2.56 bits per heavy atom. The third-order valence-corrected chi connectivity index (χ3v) is 6.56. The summed E-state index contributed by atoms with van der Waals surface area (Å²) in [4.78, 5) is 12.7. The lowest BCUT2D eigenvalue weighted by molar-refractivity contribution is -0.119. The van der Waals surface area contributed by atoms with Crippen LogP contribution in [0.4, 0.5) is 5.69 Å². The van der Waals surface area contributed by atoms with E-state index in [0.29, 0.717) is 27.6 Å². The van der Waals surface area contributed by atoms with E-state index in [1.165, 1.54) is 24.4 Å². The fourth-order valence-corrected chi connectivity index (χ4v) is 4.60. The van der Waals surface area contributed by atoms with Crippen LogP contribution >= 0.6 is 11.6 Å². The first-order valence-corrected chi connectivity index (χ1v) is 11.4. The molecule has 0 aliphatic heterocycles. The second-order valence-electron chi connectivity index (χ2n) is 6.83. The summed E-state index contributed by atoms with van der Waals surface area (Å²) in [6, 6.07) is 19.9. The molecule has 7 nitrogen and oxygen atoms in total. The number of sulfonamides is 1. The number of amides is 1. The molecule has 0 heterocycles. The molecule has 1 N–H and O–H groups in total. The van der Waals surface area contributed by atoms with Crippen LogP contribution in [0.15, 0.2) is 82.8 Å². The maximum atomic E-state index is 13.3. The van der Waals surface area contributed by atoms with Crippen molar-refractivity contribution in [2.75, 3.05) is 18.0 Å². The Morgan fingerprint density at radius 1 is 1.09 bits per heavy atom. The summed E-state index contributed by atoms with van der Waals surface area (Å²) in [5.74, 6) is 0.0415. The van der Waals surface area contributed by atoms with Crippen molar-refractivity contribution in [1.82, 2.24) is 5.43 Å². The molecule has 166 valence electrons. The molecule has 0 aliphatic carbocycles. The molecule has 0 unspecified atom stereocenters. The standard InChI is InChI=1S/C23H22ClN3O4S/c1-17-11-12-19(24)14-22(17)27(32(29,30)21-9-4-3-5-10-21)16-23(28)26-25-15-18-7-6-8-20(13-18)31-2/h3-15H,16H2,1-2H3,(H,26,28)/b25-15-. The lowest BCUT2D eigenvalue weighted by atomic mass is 10.2. The third kappa shape index (κ3) is 5.66. The maximum absolute atomic E-state index is 13.3. The Hall–Kier alpha value is -3.36. The highest BCUT2D eigenvalue weighted by Gasteiger charge is 2.28. The number of carbonyl (C=O) groups excluding carboxylic acids is 1. The van der Waals surface area contributed by atoms with Gasteiger partial charge in [0.15, 0.2) is 0 Å². The van der Waals surface area contributed by atoms with E-state index in [1.807, 2.05) is 0 Å². The van der Waals surface area contributed by atoms with Gasteiger partial charge in [-0.2, -0.15) is 5.10 Å². The van der Waals surface area contributed by atoms with E-state index in [2.05, 4.69) is 10.5 Å². The molecule has 0 bridgehead atoms. The van der Waals surface area contributed by atoms with Crippen molar-refractivity contribution >= 4 is 39.4 Å². The van der Waals surface area contributed by atoms with Crippen LogP contribution in [-0.4, -0.2) is 34.2 Å². The normalized spacial score (nSPS) is 11.3. The molecule has 0 spiro atoms. The average Bonchev–Trinajstić information content (AvgIpc) is 2.80. The van der Waals surface area contributed by atoms with Gasteiger partial charge in [-0.1, -0.05) is 48.0 Å². The number of methoxy groups -OCH3 is 1.